The smallest absolute Gasteiger partial charge is 0.153 e. The molecule has 0 aliphatic carbocycles. The highest BCUT2D eigenvalue weighted by molar-refractivity contribution is 7.99. The third-order valence-corrected chi connectivity index (χ3v) is 8.10. The van der Waals surface area contributed by atoms with Crippen molar-refractivity contribution >= 4 is 29.2 Å². The van der Waals surface area contributed by atoms with Crippen molar-refractivity contribution in [3.05, 3.63) is 34.4 Å². The summed E-state index contributed by atoms with van der Waals surface area (Å²) in [5, 5.41) is 17.9. The van der Waals surface area contributed by atoms with Crippen LogP contribution in [0.3, 0.4) is 0 Å². The third kappa shape index (κ3) is 4.70. The van der Waals surface area contributed by atoms with Gasteiger partial charge in [-0.1, -0.05) is 23.4 Å². The number of aliphatic hydroxyl groups is 1. The van der Waals surface area contributed by atoms with Crippen LogP contribution in [0.25, 0.3) is 0 Å². The van der Waals surface area contributed by atoms with E-state index in [1.165, 1.54) is 11.8 Å². The Morgan fingerprint density at radius 1 is 1.31 bits per heavy atom. The van der Waals surface area contributed by atoms with Gasteiger partial charge in [-0.3, -0.25) is 4.98 Å². The molecule has 2 aromatic rings. The number of nitrogens with zero attached hydrogens (tertiary/aromatic N) is 5. The minimum atomic E-state index is -0.166. The monoisotopic (exact) mass is 476 g/mol. The van der Waals surface area contributed by atoms with Crippen LogP contribution in [-0.2, 0) is 11.3 Å². The molecule has 172 valence electrons. The fourth-order valence-electron chi connectivity index (χ4n) is 4.33. The molecule has 10 heteroatoms. The van der Waals surface area contributed by atoms with Gasteiger partial charge in [0, 0.05) is 42.2 Å². The Labute approximate surface area is 198 Å². The standard InChI is InChI=1S/C21H28ClN5O2S.CHN/c1-12-17(22)16(4-7-24-12)30-20-13(2)25-19(15(10-28)26-20)27-8-5-21(6-9-27)11-29-14(3)18(21)23;1-2/h4,7,14,18,28H,5-6,8-11,23H2,1-3H3;1H/t14-,18+;/m0./s1. The van der Waals surface area contributed by atoms with E-state index in [-0.39, 0.29) is 24.2 Å². The number of nitrogens with two attached hydrogens (primary N) is 1. The Kier molecular flexibility index (Phi) is 7.96. The summed E-state index contributed by atoms with van der Waals surface area (Å²) >= 11 is 7.84. The first-order valence-corrected chi connectivity index (χ1v) is 11.7. The summed E-state index contributed by atoms with van der Waals surface area (Å²) in [5.41, 5.74) is 8.66. The molecule has 32 heavy (non-hydrogen) atoms. The zero-order valence-electron chi connectivity index (χ0n) is 18.6. The lowest BCUT2D eigenvalue weighted by Crippen LogP contribution is -2.51. The number of ether oxygens (including phenoxy) is 1. The maximum absolute atomic E-state index is 10.00. The fraction of sp³-hybridized carbons (Fsp3) is 0.545. The Morgan fingerprint density at radius 2 is 2.00 bits per heavy atom. The van der Waals surface area contributed by atoms with Crippen molar-refractivity contribution in [1.82, 2.24) is 15.0 Å². The number of halogens is 1. The number of aliphatic hydroxyl groups excluding tert-OH is 1. The van der Waals surface area contributed by atoms with E-state index >= 15 is 0 Å². The molecule has 1 spiro atoms. The van der Waals surface area contributed by atoms with Crippen LogP contribution in [0.2, 0.25) is 5.02 Å². The van der Waals surface area contributed by atoms with Crippen molar-refractivity contribution in [3.8, 4) is 6.57 Å². The van der Waals surface area contributed by atoms with Gasteiger partial charge in [-0.15, -0.1) is 0 Å². The van der Waals surface area contributed by atoms with E-state index in [2.05, 4.69) is 23.4 Å². The highest BCUT2D eigenvalue weighted by atomic mass is 35.5. The lowest BCUT2D eigenvalue weighted by Gasteiger charge is -2.42. The molecule has 0 aromatic carbocycles. The average Bonchev–Trinajstić information content (AvgIpc) is 3.08. The molecule has 8 nitrogen and oxygen atoms in total. The minimum absolute atomic E-state index is 0.0452. The normalized spacial score (nSPS) is 21.9. The first-order valence-electron chi connectivity index (χ1n) is 10.5. The van der Waals surface area contributed by atoms with Gasteiger partial charge in [0.2, 0.25) is 0 Å². The molecule has 0 radical (unpaired) electrons. The summed E-state index contributed by atoms with van der Waals surface area (Å²) < 4.78 is 5.82. The van der Waals surface area contributed by atoms with Gasteiger partial charge in [0.05, 0.1) is 35.7 Å². The minimum Gasteiger partial charge on any atom is -0.390 e. The first-order chi connectivity index (χ1) is 15.3. The van der Waals surface area contributed by atoms with E-state index in [1.807, 2.05) is 19.9 Å². The summed E-state index contributed by atoms with van der Waals surface area (Å²) in [6.07, 6.45) is 3.74. The lowest BCUT2D eigenvalue weighted by molar-refractivity contribution is 0.0973. The molecule has 2 aromatic heterocycles. The van der Waals surface area contributed by atoms with Gasteiger partial charge in [-0.25, -0.2) is 15.2 Å². The SMILES string of the molecule is C#N.Cc1nc(N2CCC3(CC2)CO[C@@H](C)[C@H]3N)c(CO)nc1Sc1ccnc(C)c1Cl. The predicted molar refractivity (Wildman–Crippen MR) is 125 cm³/mol. The zero-order chi connectivity index (χ0) is 23.5. The van der Waals surface area contributed by atoms with Crippen LogP contribution in [-0.4, -0.2) is 51.9 Å². The molecule has 0 bridgehead atoms. The van der Waals surface area contributed by atoms with Crippen molar-refractivity contribution in [2.75, 3.05) is 24.6 Å². The van der Waals surface area contributed by atoms with Crippen LogP contribution in [0, 0.1) is 31.1 Å². The number of rotatable bonds is 4. The van der Waals surface area contributed by atoms with E-state index in [9.17, 15) is 5.11 Å². The molecule has 2 aliphatic heterocycles. The number of hydrogen-bond donors (Lipinski definition) is 2. The number of pyridine rings is 1. The number of aryl methyl sites for hydroxylation is 2. The number of hydrogen-bond acceptors (Lipinski definition) is 9. The summed E-state index contributed by atoms with van der Waals surface area (Å²) in [7, 11) is 0. The summed E-state index contributed by atoms with van der Waals surface area (Å²) in [6, 6.07) is 1.93. The first kappa shape index (κ1) is 24.7. The summed E-state index contributed by atoms with van der Waals surface area (Å²) in [6.45, 7) is 11.6. The average molecular weight is 477 g/mol. The van der Waals surface area contributed by atoms with Crippen LogP contribution < -0.4 is 10.6 Å². The quantitative estimate of drug-likeness (QED) is 0.684. The van der Waals surface area contributed by atoms with Crippen LogP contribution >= 0.6 is 23.4 Å². The number of aromatic nitrogens is 3. The second-order valence-corrected chi connectivity index (χ2v) is 9.65. The summed E-state index contributed by atoms with van der Waals surface area (Å²) in [5.74, 6) is 0.756. The van der Waals surface area contributed by atoms with Crippen molar-refractivity contribution < 1.29 is 9.84 Å². The Morgan fingerprint density at radius 3 is 2.59 bits per heavy atom. The van der Waals surface area contributed by atoms with Crippen LogP contribution in [0.1, 0.15) is 36.8 Å². The van der Waals surface area contributed by atoms with Gasteiger partial charge in [-0.2, -0.15) is 0 Å². The van der Waals surface area contributed by atoms with E-state index in [0.29, 0.717) is 10.7 Å². The topological polar surface area (TPSA) is 121 Å². The highest BCUT2D eigenvalue weighted by Gasteiger charge is 2.47. The Hall–Kier alpha value is -1.96. The molecule has 0 saturated carbocycles. The molecule has 4 rings (SSSR count). The molecular formula is C22H29ClN6O2S. The fourth-order valence-corrected chi connectivity index (χ4v) is 5.48. The largest absolute Gasteiger partial charge is 0.390 e. The lowest BCUT2D eigenvalue weighted by atomic mass is 9.73. The molecule has 2 fully saturated rings. The molecule has 2 saturated heterocycles. The molecule has 0 amide bonds. The number of anilines is 1. The van der Waals surface area contributed by atoms with Crippen LogP contribution in [0.5, 0.6) is 0 Å². The van der Waals surface area contributed by atoms with Gasteiger partial charge in [0.1, 0.15) is 10.7 Å². The van der Waals surface area contributed by atoms with Crippen molar-refractivity contribution in [1.29, 1.82) is 5.26 Å². The van der Waals surface area contributed by atoms with Crippen molar-refractivity contribution in [2.45, 2.75) is 62.3 Å². The zero-order valence-corrected chi connectivity index (χ0v) is 20.2. The number of nitriles is 1. The molecule has 2 atom stereocenters. The van der Waals surface area contributed by atoms with E-state index in [4.69, 9.17) is 37.3 Å². The molecule has 2 aliphatic rings. The second kappa shape index (κ2) is 10.3. The van der Waals surface area contributed by atoms with Gasteiger partial charge in [-0.05, 0) is 39.7 Å². The van der Waals surface area contributed by atoms with Gasteiger partial charge >= 0.3 is 0 Å². The van der Waals surface area contributed by atoms with Crippen LogP contribution in [0.4, 0.5) is 5.82 Å². The highest BCUT2D eigenvalue weighted by Crippen LogP contribution is 2.42. The molecular weight excluding hydrogens is 448 g/mol. The second-order valence-electron chi connectivity index (χ2n) is 8.24. The molecule has 4 heterocycles. The maximum atomic E-state index is 10.00. The van der Waals surface area contributed by atoms with Gasteiger partial charge in [0.25, 0.3) is 0 Å². The summed E-state index contributed by atoms with van der Waals surface area (Å²) in [4.78, 5) is 16.9. The molecule has 0 unspecified atom stereocenters. The van der Waals surface area contributed by atoms with Crippen LogP contribution in [0.15, 0.2) is 22.2 Å². The Balaban J connectivity index is 0.00000141. The predicted octanol–water partition coefficient (Wildman–Crippen LogP) is 3.26. The van der Waals surface area contributed by atoms with Gasteiger partial charge < -0.3 is 20.5 Å². The van der Waals surface area contributed by atoms with E-state index in [1.54, 1.807) is 6.20 Å². The molecule has 3 N–H and O–H groups in total. The third-order valence-electron chi connectivity index (χ3n) is 6.37. The van der Waals surface area contributed by atoms with Gasteiger partial charge in [0.15, 0.2) is 5.82 Å². The number of piperidine rings is 1. The van der Waals surface area contributed by atoms with Crippen molar-refractivity contribution in [3.63, 3.8) is 0 Å². The maximum Gasteiger partial charge on any atom is 0.153 e. The van der Waals surface area contributed by atoms with E-state index < -0.39 is 0 Å². The van der Waals surface area contributed by atoms with Crippen molar-refractivity contribution in [2.24, 2.45) is 11.1 Å². The Bertz CT molecular complexity index is 980. The van der Waals surface area contributed by atoms with E-state index in [0.717, 1.165) is 59.7 Å².